The van der Waals surface area contributed by atoms with Gasteiger partial charge in [0.1, 0.15) is 48.8 Å². The van der Waals surface area contributed by atoms with Crippen LogP contribution in [0, 0.1) is 0 Å². The molecule has 14 heteroatoms. The lowest BCUT2D eigenvalue weighted by Gasteiger charge is -2.46. The Kier molecular flexibility index (Phi) is 49.6. The fourth-order valence-electron chi connectivity index (χ4n) is 11.7. The first-order valence-corrected chi connectivity index (χ1v) is 34.4. The van der Waals surface area contributed by atoms with Crippen molar-refractivity contribution < 1.29 is 64.6 Å². The molecule has 0 aromatic heterocycles. The van der Waals surface area contributed by atoms with Crippen LogP contribution >= 0.6 is 0 Å². The first-order chi connectivity index (χ1) is 39.6. The number of allylic oxidation sites excluding steroid dienone is 1. The van der Waals surface area contributed by atoms with Crippen molar-refractivity contribution in [3.63, 3.8) is 0 Å². The van der Waals surface area contributed by atoms with Gasteiger partial charge >= 0.3 is 0 Å². The summed E-state index contributed by atoms with van der Waals surface area (Å²) in [5.41, 5.74) is 0. The van der Waals surface area contributed by atoms with Gasteiger partial charge in [-0.1, -0.05) is 302 Å². The molecule has 12 atom stereocenters. The third kappa shape index (κ3) is 37.8. The van der Waals surface area contributed by atoms with Crippen LogP contribution in [0.1, 0.15) is 316 Å². The fraction of sp³-hybridized carbons (Fsp3) is 0.955. The zero-order valence-electron chi connectivity index (χ0n) is 52.1. The van der Waals surface area contributed by atoms with Crippen LogP contribution in [0.3, 0.4) is 0 Å². The van der Waals surface area contributed by atoms with Crippen LogP contribution in [0.15, 0.2) is 12.2 Å². The highest BCUT2D eigenvalue weighted by atomic mass is 16.7. The second-order valence-electron chi connectivity index (χ2n) is 24.7. The summed E-state index contributed by atoms with van der Waals surface area (Å²) in [5, 5.41) is 87.3. The average molecular weight is 1160 g/mol. The lowest BCUT2D eigenvalue weighted by atomic mass is 9.97. The standard InChI is InChI=1S/C67H129NO13/c1-3-5-7-9-11-13-15-17-19-21-22-23-24-25-26-27-28-29-30-31-32-33-35-37-39-41-43-45-47-49-51-59(72)68-55(56(71)50-48-46-44-42-40-38-36-34-20-18-16-14-12-10-8-6-4-2)54-78-66-64(77)62(75)65(58(53-70)80-66)81-67-63(76)61(74)60(73)57(52-69)79-67/h48,50,55-58,60-67,69-71,73-77H,3-47,49,51-54H2,1-2H3,(H,68,72)/b50-48+/t55-,56+,57+,58+,60-,61?,62?,63?,64?,65+,66+,67-/m0/s1. The number of nitrogens with one attached hydrogen (secondary N) is 1. The van der Waals surface area contributed by atoms with E-state index in [1.807, 2.05) is 6.08 Å². The van der Waals surface area contributed by atoms with E-state index in [1.165, 1.54) is 250 Å². The number of carbonyl (C=O) groups is 1. The van der Waals surface area contributed by atoms with Crippen LogP contribution in [-0.4, -0.2) is 140 Å². The summed E-state index contributed by atoms with van der Waals surface area (Å²) >= 11 is 0. The molecule has 2 rings (SSSR count). The number of hydrogen-bond donors (Lipinski definition) is 9. The predicted octanol–water partition coefficient (Wildman–Crippen LogP) is 13.4. The van der Waals surface area contributed by atoms with Gasteiger partial charge < -0.3 is 65.1 Å². The van der Waals surface area contributed by atoms with Crippen LogP contribution in [0.25, 0.3) is 0 Å². The number of rotatable bonds is 57. The smallest absolute Gasteiger partial charge is 0.220 e. The van der Waals surface area contributed by atoms with Crippen LogP contribution in [0.5, 0.6) is 0 Å². The lowest BCUT2D eigenvalue weighted by molar-refractivity contribution is -0.359. The number of carbonyl (C=O) groups excluding carboxylic acids is 1. The molecule has 0 radical (unpaired) electrons. The topological polar surface area (TPSA) is 228 Å². The molecule has 2 heterocycles. The summed E-state index contributed by atoms with van der Waals surface area (Å²) < 4.78 is 22.8. The molecule has 2 fully saturated rings. The van der Waals surface area contributed by atoms with Gasteiger partial charge in [-0.05, 0) is 19.3 Å². The van der Waals surface area contributed by atoms with Crippen molar-refractivity contribution in [2.45, 2.75) is 389 Å². The zero-order chi connectivity index (χ0) is 58.8. The number of aliphatic hydroxyl groups excluding tert-OH is 8. The van der Waals surface area contributed by atoms with Gasteiger partial charge in [-0.15, -0.1) is 0 Å². The summed E-state index contributed by atoms with van der Waals surface area (Å²) in [5.74, 6) is -0.231. The molecule has 0 saturated carbocycles. The summed E-state index contributed by atoms with van der Waals surface area (Å²) in [6.45, 7) is 2.85. The van der Waals surface area contributed by atoms with Gasteiger partial charge in [-0.25, -0.2) is 0 Å². The second kappa shape index (κ2) is 53.0. The Bertz CT molecular complexity index is 1410. The van der Waals surface area contributed by atoms with E-state index >= 15 is 0 Å². The van der Waals surface area contributed by atoms with E-state index in [0.29, 0.717) is 6.42 Å². The molecule has 9 N–H and O–H groups in total. The number of ether oxygens (including phenoxy) is 4. The number of unbranched alkanes of at least 4 members (excludes halogenated alkanes) is 44. The monoisotopic (exact) mass is 1160 g/mol. The van der Waals surface area contributed by atoms with Crippen LogP contribution < -0.4 is 5.32 Å². The summed E-state index contributed by atoms with van der Waals surface area (Å²) in [4.78, 5) is 13.3. The van der Waals surface area contributed by atoms with Crippen molar-refractivity contribution in [1.29, 1.82) is 0 Å². The van der Waals surface area contributed by atoms with Crippen molar-refractivity contribution >= 4 is 5.91 Å². The predicted molar refractivity (Wildman–Crippen MR) is 328 cm³/mol. The molecule has 2 aliphatic heterocycles. The second-order valence-corrected chi connectivity index (χ2v) is 24.7. The normalized spacial score (nSPS) is 24.1. The third-order valence-corrected chi connectivity index (χ3v) is 17.2. The van der Waals surface area contributed by atoms with E-state index in [0.717, 1.165) is 38.5 Å². The van der Waals surface area contributed by atoms with Crippen molar-refractivity contribution in [2.24, 2.45) is 0 Å². The minimum atomic E-state index is -1.79. The van der Waals surface area contributed by atoms with Crippen LogP contribution in [0.2, 0.25) is 0 Å². The average Bonchev–Trinajstić information content (AvgIpc) is 3.63. The highest BCUT2D eigenvalue weighted by Crippen LogP contribution is 2.30. The van der Waals surface area contributed by atoms with E-state index in [4.69, 9.17) is 18.9 Å². The Hall–Kier alpha value is -1.27. The molecule has 0 aliphatic carbocycles. The van der Waals surface area contributed by atoms with Crippen LogP contribution in [0.4, 0.5) is 0 Å². The molecular formula is C67H129NO13. The van der Waals surface area contributed by atoms with Gasteiger partial charge in [0.05, 0.1) is 32.0 Å². The molecule has 14 nitrogen and oxygen atoms in total. The van der Waals surface area contributed by atoms with Crippen molar-refractivity contribution in [3.8, 4) is 0 Å². The number of hydrogen-bond acceptors (Lipinski definition) is 13. The van der Waals surface area contributed by atoms with Gasteiger partial charge in [0.25, 0.3) is 0 Å². The van der Waals surface area contributed by atoms with Crippen molar-refractivity contribution in [1.82, 2.24) is 5.32 Å². The summed E-state index contributed by atoms with van der Waals surface area (Å²) in [7, 11) is 0. The molecule has 0 bridgehead atoms. The third-order valence-electron chi connectivity index (χ3n) is 17.2. The van der Waals surface area contributed by atoms with E-state index in [-0.39, 0.29) is 18.9 Å². The van der Waals surface area contributed by atoms with Crippen molar-refractivity contribution in [2.75, 3.05) is 19.8 Å². The number of amides is 1. The van der Waals surface area contributed by atoms with E-state index in [9.17, 15) is 45.6 Å². The van der Waals surface area contributed by atoms with Gasteiger partial charge in [-0.3, -0.25) is 4.79 Å². The molecule has 480 valence electrons. The zero-order valence-corrected chi connectivity index (χ0v) is 52.1. The van der Waals surface area contributed by atoms with Crippen LogP contribution in [-0.2, 0) is 23.7 Å². The van der Waals surface area contributed by atoms with E-state index in [2.05, 4.69) is 19.2 Å². The molecule has 0 aromatic carbocycles. The quantitative estimate of drug-likeness (QED) is 0.0204. The highest BCUT2D eigenvalue weighted by molar-refractivity contribution is 5.76. The highest BCUT2D eigenvalue weighted by Gasteiger charge is 2.51. The first kappa shape index (κ1) is 75.8. The Labute approximate surface area is 495 Å². The Morgan fingerprint density at radius 1 is 0.432 bits per heavy atom. The maximum atomic E-state index is 13.3. The van der Waals surface area contributed by atoms with Gasteiger partial charge in [0.2, 0.25) is 5.91 Å². The number of aliphatic hydroxyl groups is 8. The molecule has 2 saturated heterocycles. The van der Waals surface area contributed by atoms with Crippen molar-refractivity contribution in [3.05, 3.63) is 12.2 Å². The molecule has 2 aliphatic rings. The summed E-state index contributed by atoms with van der Waals surface area (Å²) in [6, 6.07) is -0.910. The molecule has 81 heavy (non-hydrogen) atoms. The van der Waals surface area contributed by atoms with Gasteiger partial charge in [0.15, 0.2) is 12.6 Å². The first-order valence-electron chi connectivity index (χ1n) is 34.4. The maximum Gasteiger partial charge on any atom is 0.220 e. The van der Waals surface area contributed by atoms with E-state index < -0.39 is 86.8 Å². The maximum absolute atomic E-state index is 13.3. The molecule has 4 unspecified atom stereocenters. The Morgan fingerprint density at radius 2 is 0.765 bits per heavy atom. The largest absolute Gasteiger partial charge is 0.394 e. The lowest BCUT2D eigenvalue weighted by Crippen LogP contribution is -2.65. The van der Waals surface area contributed by atoms with Gasteiger partial charge in [-0.2, -0.15) is 0 Å². The molecular weight excluding hydrogens is 1030 g/mol. The Morgan fingerprint density at radius 3 is 1.14 bits per heavy atom. The molecule has 0 spiro atoms. The van der Waals surface area contributed by atoms with Gasteiger partial charge in [0, 0.05) is 6.42 Å². The van der Waals surface area contributed by atoms with E-state index in [1.54, 1.807) is 6.08 Å². The summed E-state index contributed by atoms with van der Waals surface area (Å²) in [6.07, 6.45) is 47.0. The molecule has 1 amide bonds. The Balaban J connectivity index is 1.65. The fourth-order valence-corrected chi connectivity index (χ4v) is 11.7. The minimum Gasteiger partial charge on any atom is -0.394 e. The minimum absolute atomic E-state index is 0.231. The molecule has 0 aromatic rings. The SMILES string of the molecule is CCCCCCCCCCCCCCCCC/C=C/[C@@H](O)[C@H](CO[C@@H]1O[C@H](CO)[C@@H](O[C@@H]2O[C@H](CO)[C@H](O)C(O)C2O)C(O)C1O)NC(=O)CCCCCCCCCCCCCCCCCCCCCCCCCCCCCCCC.